The summed E-state index contributed by atoms with van der Waals surface area (Å²) in [6, 6.07) is 1.88. The predicted molar refractivity (Wildman–Crippen MR) is 79.7 cm³/mol. The average molecular weight is 280 g/mol. The normalized spacial score (nSPS) is 11.5. The van der Waals surface area contributed by atoms with Crippen molar-refractivity contribution in [2.24, 2.45) is 0 Å². The molecule has 2 aromatic heterocycles. The minimum Gasteiger partial charge on any atom is -0.309 e. The van der Waals surface area contributed by atoms with Crippen LogP contribution in [0.5, 0.6) is 0 Å². The van der Waals surface area contributed by atoms with Crippen molar-refractivity contribution < 1.29 is 0 Å². The van der Waals surface area contributed by atoms with E-state index >= 15 is 0 Å². The number of fused-ring (bicyclic) bond motifs is 1. The molecule has 0 aromatic carbocycles. The summed E-state index contributed by atoms with van der Waals surface area (Å²) < 4.78 is 0.701. The van der Waals surface area contributed by atoms with Crippen LogP contribution < -0.4 is 10.9 Å². The molecule has 0 fully saturated rings. The number of hydrogen-bond acceptors (Lipinski definition) is 5. The number of rotatable bonds is 7. The van der Waals surface area contributed by atoms with Crippen LogP contribution >= 0.6 is 11.3 Å². The zero-order valence-electron chi connectivity index (χ0n) is 11.4. The highest BCUT2D eigenvalue weighted by atomic mass is 32.1. The molecule has 2 aromatic rings. The fourth-order valence-corrected chi connectivity index (χ4v) is 2.71. The van der Waals surface area contributed by atoms with Gasteiger partial charge in [0, 0.05) is 13.1 Å². The molecule has 19 heavy (non-hydrogen) atoms. The number of hydrogen-bond donors (Lipinski definition) is 2. The van der Waals surface area contributed by atoms with Gasteiger partial charge in [-0.3, -0.25) is 4.79 Å². The topological polar surface area (TPSA) is 61.0 Å². The lowest BCUT2D eigenvalue weighted by Gasteiger charge is -2.17. The summed E-state index contributed by atoms with van der Waals surface area (Å²) in [7, 11) is 0. The Morgan fingerprint density at radius 1 is 1.42 bits per heavy atom. The van der Waals surface area contributed by atoms with E-state index in [1.54, 1.807) is 0 Å². The highest BCUT2D eigenvalue weighted by molar-refractivity contribution is 7.17. The molecule has 6 heteroatoms. The highest BCUT2D eigenvalue weighted by Crippen LogP contribution is 2.13. The summed E-state index contributed by atoms with van der Waals surface area (Å²) >= 11 is 1.43. The number of aromatic nitrogens is 2. The number of nitrogens with one attached hydrogen (secondary N) is 2. The van der Waals surface area contributed by atoms with Crippen LogP contribution in [0.25, 0.3) is 10.2 Å². The number of thiophene rings is 1. The first kappa shape index (κ1) is 14.2. The van der Waals surface area contributed by atoms with Gasteiger partial charge in [-0.15, -0.1) is 11.3 Å². The Labute approximate surface area is 116 Å². The van der Waals surface area contributed by atoms with E-state index in [2.05, 4.69) is 34.0 Å². The summed E-state index contributed by atoms with van der Waals surface area (Å²) in [4.78, 5) is 21.4. The summed E-state index contributed by atoms with van der Waals surface area (Å²) in [5, 5.41) is 5.21. The molecule has 0 atom stereocenters. The Morgan fingerprint density at radius 2 is 2.21 bits per heavy atom. The van der Waals surface area contributed by atoms with Gasteiger partial charge in [-0.2, -0.15) is 0 Å². The minimum atomic E-state index is -0.0412. The van der Waals surface area contributed by atoms with Crippen molar-refractivity contribution in [3.63, 3.8) is 0 Å². The van der Waals surface area contributed by atoms with Crippen molar-refractivity contribution in [1.29, 1.82) is 0 Å². The molecule has 104 valence electrons. The molecule has 0 saturated heterocycles. The molecule has 0 aliphatic rings. The van der Waals surface area contributed by atoms with Crippen molar-refractivity contribution in [2.75, 3.05) is 26.2 Å². The maximum Gasteiger partial charge on any atom is 0.268 e. The smallest absolute Gasteiger partial charge is 0.268 e. The largest absolute Gasteiger partial charge is 0.309 e. The summed E-state index contributed by atoms with van der Waals surface area (Å²) in [5.74, 6) is 0.704. The predicted octanol–water partition coefficient (Wildman–Crippen LogP) is 1.42. The molecule has 0 bridgehead atoms. The van der Waals surface area contributed by atoms with Crippen LogP contribution in [0.2, 0.25) is 0 Å². The van der Waals surface area contributed by atoms with E-state index < -0.39 is 0 Å². The van der Waals surface area contributed by atoms with Gasteiger partial charge in [-0.1, -0.05) is 13.8 Å². The fraction of sp³-hybridized carbons (Fsp3) is 0.538. The van der Waals surface area contributed by atoms with Gasteiger partial charge in [0.1, 0.15) is 10.5 Å². The molecule has 0 radical (unpaired) electrons. The van der Waals surface area contributed by atoms with Crippen LogP contribution in [0.15, 0.2) is 16.2 Å². The van der Waals surface area contributed by atoms with E-state index in [0.29, 0.717) is 17.1 Å². The standard InChI is InChI=1S/C13H20N4OS/c1-3-17(4-2)7-6-14-9-11-15-10-5-8-19-12(10)13(18)16-11/h5,8,14H,3-4,6-7,9H2,1-2H3,(H,15,16,18). The van der Waals surface area contributed by atoms with Crippen LogP contribution in [0, 0.1) is 0 Å². The van der Waals surface area contributed by atoms with Gasteiger partial charge in [0.25, 0.3) is 5.56 Å². The summed E-state index contributed by atoms with van der Waals surface area (Å²) in [5.41, 5.74) is 0.745. The van der Waals surface area contributed by atoms with Crippen LogP contribution in [0.1, 0.15) is 19.7 Å². The number of likely N-dealkylation sites (N-methyl/N-ethyl adjacent to an activating group) is 1. The molecule has 0 aliphatic carbocycles. The molecule has 2 N–H and O–H groups in total. The second kappa shape index (κ2) is 6.79. The lowest BCUT2D eigenvalue weighted by molar-refractivity contribution is 0.302. The zero-order chi connectivity index (χ0) is 13.7. The maximum atomic E-state index is 11.8. The highest BCUT2D eigenvalue weighted by Gasteiger charge is 2.04. The molecule has 0 saturated carbocycles. The zero-order valence-corrected chi connectivity index (χ0v) is 12.2. The van der Waals surface area contributed by atoms with Crippen molar-refractivity contribution in [3.8, 4) is 0 Å². The quantitative estimate of drug-likeness (QED) is 0.753. The van der Waals surface area contributed by atoms with Gasteiger partial charge in [0.2, 0.25) is 0 Å². The lowest BCUT2D eigenvalue weighted by Crippen LogP contribution is -2.32. The molecule has 0 aliphatic heterocycles. The Hall–Kier alpha value is -1.24. The van der Waals surface area contributed by atoms with Crippen LogP contribution in [0.3, 0.4) is 0 Å². The third-order valence-corrected chi connectivity index (χ3v) is 4.06. The molecule has 5 nitrogen and oxygen atoms in total. The lowest BCUT2D eigenvalue weighted by atomic mass is 10.4. The van der Waals surface area contributed by atoms with E-state index in [-0.39, 0.29) is 5.56 Å². The van der Waals surface area contributed by atoms with Crippen molar-refractivity contribution >= 4 is 21.6 Å². The molecule has 2 heterocycles. The van der Waals surface area contributed by atoms with E-state index in [1.165, 1.54) is 11.3 Å². The summed E-state index contributed by atoms with van der Waals surface area (Å²) in [6.07, 6.45) is 0. The first-order valence-electron chi connectivity index (χ1n) is 6.64. The van der Waals surface area contributed by atoms with Gasteiger partial charge in [-0.05, 0) is 24.5 Å². The van der Waals surface area contributed by atoms with Gasteiger partial charge in [0.15, 0.2) is 0 Å². The van der Waals surface area contributed by atoms with E-state index in [0.717, 1.165) is 31.7 Å². The second-order valence-electron chi connectivity index (χ2n) is 4.35. The third-order valence-electron chi connectivity index (χ3n) is 3.16. The Balaban J connectivity index is 1.89. The first-order valence-corrected chi connectivity index (χ1v) is 7.52. The van der Waals surface area contributed by atoms with Gasteiger partial charge < -0.3 is 15.2 Å². The molecule has 0 spiro atoms. The molecule has 2 rings (SSSR count). The van der Waals surface area contributed by atoms with Crippen molar-refractivity contribution in [1.82, 2.24) is 20.2 Å². The molecule has 0 amide bonds. The van der Waals surface area contributed by atoms with Crippen LogP contribution in [-0.4, -0.2) is 41.0 Å². The fourth-order valence-electron chi connectivity index (χ4n) is 1.99. The van der Waals surface area contributed by atoms with Gasteiger partial charge in [0.05, 0.1) is 12.1 Å². The third kappa shape index (κ3) is 3.62. The van der Waals surface area contributed by atoms with Crippen LogP contribution in [-0.2, 0) is 6.54 Å². The first-order chi connectivity index (χ1) is 9.24. The number of aromatic amines is 1. The van der Waals surface area contributed by atoms with Crippen molar-refractivity contribution in [2.45, 2.75) is 20.4 Å². The summed E-state index contributed by atoms with van der Waals surface area (Å²) in [6.45, 7) is 8.95. The number of nitrogens with zero attached hydrogens (tertiary/aromatic N) is 2. The SMILES string of the molecule is CCN(CC)CCNCc1nc2ccsc2c(=O)[nH]1. The average Bonchev–Trinajstić information content (AvgIpc) is 2.88. The second-order valence-corrected chi connectivity index (χ2v) is 5.27. The monoisotopic (exact) mass is 280 g/mol. The van der Waals surface area contributed by atoms with E-state index in [1.807, 2.05) is 11.4 Å². The van der Waals surface area contributed by atoms with E-state index in [9.17, 15) is 4.79 Å². The Bertz CT molecular complexity index is 573. The van der Waals surface area contributed by atoms with Crippen molar-refractivity contribution in [3.05, 3.63) is 27.6 Å². The van der Waals surface area contributed by atoms with Gasteiger partial charge >= 0.3 is 0 Å². The van der Waals surface area contributed by atoms with Gasteiger partial charge in [-0.25, -0.2) is 4.98 Å². The maximum absolute atomic E-state index is 11.8. The Morgan fingerprint density at radius 3 is 2.95 bits per heavy atom. The van der Waals surface area contributed by atoms with Crippen LogP contribution in [0.4, 0.5) is 0 Å². The molecular weight excluding hydrogens is 260 g/mol. The Kier molecular flexibility index (Phi) is 5.07. The minimum absolute atomic E-state index is 0.0412. The number of H-pyrrole nitrogens is 1. The molecular formula is C13H20N4OS. The van der Waals surface area contributed by atoms with E-state index in [4.69, 9.17) is 0 Å². The molecule has 0 unspecified atom stereocenters.